The molecule has 0 saturated heterocycles. The molecule has 0 atom stereocenters. The minimum Gasteiger partial charge on any atom is -0.492 e. The van der Waals surface area contributed by atoms with E-state index in [-0.39, 0.29) is 0 Å². The lowest BCUT2D eigenvalue weighted by molar-refractivity contribution is 0.345. The van der Waals surface area contributed by atoms with Gasteiger partial charge in [0.05, 0.1) is 11.3 Å². The van der Waals surface area contributed by atoms with E-state index in [0.717, 1.165) is 12.4 Å². The molecule has 0 amide bonds. The molecule has 0 aliphatic rings. The van der Waals surface area contributed by atoms with Crippen molar-refractivity contribution < 1.29 is 4.74 Å². The first-order valence-electron chi connectivity index (χ1n) is 4.84. The van der Waals surface area contributed by atoms with E-state index in [2.05, 4.69) is 31.4 Å². The summed E-state index contributed by atoms with van der Waals surface area (Å²) in [4.78, 5) is 0. The van der Waals surface area contributed by atoms with Gasteiger partial charge in [0, 0.05) is 5.39 Å². The van der Waals surface area contributed by atoms with Crippen LogP contribution in [0.1, 0.15) is 18.1 Å². The SMILES string of the molecule is CCOc1ccc(C)c2c(C)csc12. The lowest BCUT2D eigenvalue weighted by atomic mass is 10.1. The molecule has 1 nitrogen and oxygen atoms in total. The fraction of sp³-hybridized carbons (Fsp3) is 0.333. The Morgan fingerprint density at radius 3 is 2.71 bits per heavy atom. The van der Waals surface area contributed by atoms with E-state index in [4.69, 9.17) is 4.74 Å². The predicted octanol–water partition coefficient (Wildman–Crippen LogP) is 3.92. The number of hydrogen-bond acceptors (Lipinski definition) is 2. The number of aryl methyl sites for hydroxylation is 2. The molecule has 1 heterocycles. The lowest BCUT2D eigenvalue weighted by Crippen LogP contribution is -1.91. The molecule has 1 aromatic heterocycles. The molecule has 2 heteroatoms. The molecule has 0 fully saturated rings. The molecule has 0 aliphatic heterocycles. The van der Waals surface area contributed by atoms with Gasteiger partial charge in [-0.05, 0) is 43.3 Å². The highest BCUT2D eigenvalue weighted by atomic mass is 32.1. The van der Waals surface area contributed by atoms with Crippen LogP contribution < -0.4 is 4.74 Å². The summed E-state index contributed by atoms with van der Waals surface area (Å²) in [6.07, 6.45) is 0. The van der Waals surface area contributed by atoms with Crippen molar-refractivity contribution in [2.75, 3.05) is 6.61 Å². The molecule has 0 aliphatic carbocycles. The molecular formula is C12H14OS. The summed E-state index contributed by atoms with van der Waals surface area (Å²) < 4.78 is 6.88. The topological polar surface area (TPSA) is 9.23 Å². The molecule has 14 heavy (non-hydrogen) atoms. The van der Waals surface area contributed by atoms with Gasteiger partial charge in [-0.1, -0.05) is 6.07 Å². The first-order chi connectivity index (χ1) is 6.74. The van der Waals surface area contributed by atoms with Crippen LogP contribution in [-0.4, -0.2) is 6.61 Å². The molecule has 2 rings (SSSR count). The van der Waals surface area contributed by atoms with Crippen LogP contribution in [0, 0.1) is 13.8 Å². The maximum absolute atomic E-state index is 5.60. The van der Waals surface area contributed by atoms with E-state index in [9.17, 15) is 0 Å². The van der Waals surface area contributed by atoms with Crippen LogP contribution in [0.4, 0.5) is 0 Å². The molecule has 2 aromatic rings. The van der Waals surface area contributed by atoms with Crippen LogP contribution in [0.2, 0.25) is 0 Å². The molecular weight excluding hydrogens is 192 g/mol. The number of ether oxygens (including phenoxy) is 1. The fourth-order valence-corrected chi connectivity index (χ4v) is 2.84. The highest BCUT2D eigenvalue weighted by Gasteiger charge is 2.08. The molecule has 0 unspecified atom stereocenters. The Morgan fingerprint density at radius 1 is 1.21 bits per heavy atom. The third kappa shape index (κ3) is 1.40. The summed E-state index contributed by atoms with van der Waals surface area (Å²) in [5, 5.41) is 3.56. The molecule has 0 spiro atoms. The van der Waals surface area contributed by atoms with Crippen LogP contribution in [0.25, 0.3) is 10.1 Å². The molecule has 0 radical (unpaired) electrons. The average molecular weight is 206 g/mol. The van der Waals surface area contributed by atoms with Crippen molar-refractivity contribution in [3.05, 3.63) is 28.6 Å². The second-order valence-electron chi connectivity index (χ2n) is 3.44. The number of fused-ring (bicyclic) bond motifs is 1. The van der Waals surface area contributed by atoms with Crippen molar-refractivity contribution in [2.45, 2.75) is 20.8 Å². The Kier molecular flexibility index (Phi) is 2.46. The minimum atomic E-state index is 0.731. The minimum absolute atomic E-state index is 0.731. The number of hydrogen-bond donors (Lipinski definition) is 0. The van der Waals surface area contributed by atoms with Gasteiger partial charge in [-0.3, -0.25) is 0 Å². The Labute approximate surface area is 88.3 Å². The second-order valence-corrected chi connectivity index (χ2v) is 4.32. The highest BCUT2D eigenvalue weighted by molar-refractivity contribution is 7.17. The predicted molar refractivity (Wildman–Crippen MR) is 62.5 cm³/mol. The zero-order valence-electron chi connectivity index (χ0n) is 8.76. The Balaban J connectivity index is 2.70. The third-order valence-corrected chi connectivity index (χ3v) is 3.49. The number of thiophene rings is 1. The van der Waals surface area contributed by atoms with Crippen molar-refractivity contribution >= 4 is 21.4 Å². The Bertz CT molecular complexity index is 457. The summed E-state index contributed by atoms with van der Waals surface area (Å²) >= 11 is 1.77. The van der Waals surface area contributed by atoms with Gasteiger partial charge in [0.15, 0.2) is 0 Å². The summed E-state index contributed by atoms with van der Waals surface area (Å²) in [7, 11) is 0. The maximum Gasteiger partial charge on any atom is 0.137 e. The second kappa shape index (κ2) is 3.62. The molecule has 0 saturated carbocycles. The van der Waals surface area contributed by atoms with Gasteiger partial charge in [-0.2, -0.15) is 0 Å². The molecule has 74 valence electrons. The third-order valence-electron chi connectivity index (χ3n) is 2.38. The number of rotatable bonds is 2. The zero-order chi connectivity index (χ0) is 10.1. The molecule has 0 bridgehead atoms. The van der Waals surface area contributed by atoms with Gasteiger partial charge in [0.25, 0.3) is 0 Å². The van der Waals surface area contributed by atoms with Crippen LogP contribution in [0.15, 0.2) is 17.5 Å². The van der Waals surface area contributed by atoms with Crippen LogP contribution in [0.3, 0.4) is 0 Å². The first kappa shape index (κ1) is 9.53. The molecule has 0 N–H and O–H groups in total. The maximum atomic E-state index is 5.60. The monoisotopic (exact) mass is 206 g/mol. The van der Waals surface area contributed by atoms with Crippen molar-refractivity contribution in [2.24, 2.45) is 0 Å². The smallest absolute Gasteiger partial charge is 0.137 e. The normalized spacial score (nSPS) is 10.8. The van der Waals surface area contributed by atoms with E-state index < -0.39 is 0 Å². The summed E-state index contributed by atoms with van der Waals surface area (Å²) in [5.74, 6) is 1.02. The van der Waals surface area contributed by atoms with Gasteiger partial charge < -0.3 is 4.74 Å². The van der Waals surface area contributed by atoms with Crippen molar-refractivity contribution in [1.29, 1.82) is 0 Å². The van der Waals surface area contributed by atoms with Crippen LogP contribution in [-0.2, 0) is 0 Å². The Morgan fingerprint density at radius 2 is 2.00 bits per heavy atom. The van der Waals surface area contributed by atoms with Gasteiger partial charge >= 0.3 is 0 Å². The van der Waals surface area contributed by atoms with Gasteiger partial charge in [-0.25, -0.2) is 0 Å². The largest absolute Gasteiger partial charge is 0.492 e. The highest BCUT2D eigenvalue weighted by Crippen LogP contribution is 2.35. The quantitative estimate of drug-likeness (QED) is 0.723. The first-order valence-corrected chi connectivity index (χ1v) is 5.72. The van der Waals surface area contributed by atoms with E-state index >= 15 is 0 Å². The van der Waals surface area contributed by atoms with Gasteiger partial charge in [-0.15, -0.1) is 11.3 Å². The zero-order valence-corrected chi connectivity index (χ0v) is 9.57. The van der Waals surface area contributed by atoms with Crippen molar-refractivity contribution in [1.82, 2.24) is 0 Å². The van der Waals surface area contributed by atoms with Crippen LogP contribution >= 0.6 is 11.3 Å². The average Bonchev–Trinajstić information content (AvgIpc) is 2.54. The van der Waals surface area contributed by atoms with Crippen molar-refractivity contribution in [3.63, 3.8) is 0 Å². The molecule has 1 aromatic carbocycles. The van der Waals surface area contributed by atoms with Gasteiger partial charge in [0.2, 0.25) is 0 Å². The fourth-order valence-electron chi connectivity index (χ4n) is 1.74. The van der Waals surface area contributed by atoms with E-state index in [0.29, 0.717) is 0 Å². The van der Waals surface area contributed by atoms with Gasteiger partial charge in [0.1, 0.15) is 5.75 Å². The summed E-state index contributed by atoms with van der Waals surface area (Å²) in [5.41, 5.74) is 2.69. The van der Waals surface area contributed by atoms with Crippen LogP contribution in [0.5, 0.6) is 5.75 Å². The summed E-state index contributed by atoms with van der Waals surface area (Å²) in [6, 6.07) is 4.20. The van der Waals surface area contributed by atoms with E-state index in [1.54, 1.807) is 11.3 Å². The number of benzene rings is 1. The van der Waals surface area contributed by atoms with E-state index in [1.165, 1.54) is 21.2 Å². The standard InChI is InChI=1S/C12H14OS/c1-4-13-10-6-5-8(2)11-9(3)7-14-12(10)11/h5-7H,4H2,1-3H3. The lowest BCUT2D eigenvalue weighted by Gasteiger charge is -2.06. The summed E-state index contributed by atoms with van der Waals surface area (Å²) in [6.45, 7) is 7.06. The Hall–Kier alpha value is -1.02. The van der Waals surface area contributed by atoms with Crippen molar-refractivity contribution in [3.8, 4) is 5.75 Å². The van der Waals surface area contributed by atoms with E-state index in [1.807, 2.05) is 6.92 Å².